The van der Waals surface area contributed by atoms with E-state index in [1.165, 1.54) is 0 Å². The van der Waals surface area contributed by atoms with Crippen molar-refractivity contribution in [2.75, 3.05) is 26.4 Å². The van der Waals surface area contributed by atoms with Crippen molar-refractivity contribution < 1.29 is 14.3 Å². The first-order valence-electron chi connectivity index (χ1n) is 7.65. The quantitative estimate of drug-likeness (QED) is 0.867. The van der Waals surface area contributed by atoms with Crippen LogP contribution in [0.3, 0.4) is 0 Å². The smallest absolute Gasteiger partial charge is 0.254 e. The van der Waals surface area contributed by atoms with Gasteiger partial charge in [0.25, 0.3) is 5.91 Å². The van der Waals surface area contributed by atoms with E-state index in [9.17, 15) is 4.79 Å². The second-order valence-corrected chi connectivity index (χ2v) is 5.61. The van der Waals surface area contributed by atoms with Crippen LogP contribution >= 0.6 is 0 Å². The molecular weight excluding hydrogens is 298 g/mol. The first kappa shape index (κ1) is 14.3. The van der Waals surface area contributed by atoms with Crippen molar-refractivity contribution in [3.63, 3.8) is 0 Å². The lowest BCUT2D eigenvalue weighted by Gasteiger charge is -2.34. The van der Waals surface area contributed by atoms with Crippen LogP contribution in [0.4, 0.5) is 0 Å². The molecule has 1 atom stereocenters. The maximum atomic E-state index is 13.1. The van der Waals surface area contributed by atoms with Crippen LogP contribution in [-0.4, -0.2) is 57.8 Å². The van der Waals surface area contributed by atoms with E-state index in [-0.39, 0.29) is 11.9 Å². The molecule has 2 aromatic rings. The fourth-order valence-electron chi connectivity index (χ4n) is 3.15. The second-order valence-electron chi connectivity index (χ2n) is 5.61. The lowest BCUT2D eigenvalue weighted by molar-refractivity contribution is -0.00535. The molecule has 0 saturated carbocycles. The molecule has 1 saturated heterocycles. The van der Waals surface area contributed by atoms with Crippen molar-refractivity contribution in [2.24, 2.45) is 0 Å². The molecule has 1 N–H and O–H groups in total. The number of rotatable bonds is 2. The van der Waals surface area contributed by atoms with Gasteiger partial charge in [-0.05, 0) is 23.6 Å². The summed E-state index contributed by atoms with van der Waals surface area (Å²) in [7, 11) is 0. The summed E-state index contributed by atoms with van der Waals surface area (Å²) in [5, 5.41) is 14.0. The molecule has 8 heteroatoms. The zero-order valence-corrected chi connectivity index (χ0v) is 12.6. The van der Waals surface area contributed by atoms with Gasteiger partial charge in [0, 0.05) is 12.1 Å². The van der Waals surface area contributed by atoms with Gasteiger partial charge in [0.05, 0.1) is 26.4 Å². The number of tetrazole rings is 1. The molecule has 3 heterocycles. The minimum atomic E-state index is -0.314. The van der Waals surface area contributed by atoms with Gasteiger partial charge in [0.2, 0.25) is 0 Å². The number of aromatic nitrogens is 4. The molecule has 120 valence electrons. The summed E-state index contributed by atoms with van der Waals surface area (Å²) in [5.41, 5.74) is 2.91. The Morgan fingerprint density at radius 1 is 1.30 bits per heavy atom. The summed E-state index contributed by atoms with van der Waals surface area (Å²) in [5.74, 6) is 0.466. The van der Waals surface area contributed by atoms with Crippen LogP contribution in [0.15, 0.2) is 18.2 Å². The molecule has 1 unspecified atom stereocenters. The van der Waals surface area contributed by atoms with Crippen LogP contribution in [0.25, 0.3) is 0 Å². The number of morpholine rings is 1. The molecule has 2 aliphatic rings. The molecule has 1 aromatic heterocycles. The number of nitrogens with one attached hydrogen (secondary N) is 1. The van der Waals surface area contributed by atoms with E-state index in [1.54, 1.807) is 4.90 Å². The van der Waals surface area contributed by atoms with E-state index < -0.39 is 0 Å². The van der Waals surface area contributed by atoms with Crippen molar-refractivity contribution in [3.05, 3.63) is 40.7 Å². The molecule has 2 aliphatic heterocycles. The van der Waals surface area contributed by atoms with Crippen molar-refractivity contribution >= 4 is 5.91 Å². The third-order valence-electron chi connectivity index (χ3n) is 4.31. The standard InChI is InChI=1S/C15H17N5O3/c21-15(12-3-1-2-10-8-22-6-4-11(10)12)20-5-7-23-9-13(20)14-16-18-19-17-14/h1-3,13H,4-9H2,(H,16,17,18,19). The van der Waals surface area contributed by atoms with Gasteiger partial charge in [-0.25, -0.2) is 0 Å². The second kappa shape index (κ2) is 6.05. The van der Waals surface area contributed by atoms with Gasteiger partial charge in [-0.3, -0.25) is 4.79 Å². The van der Waals surface area contributed by atoms with E-state index in [2.05, 4.69) is 20.6 Å². The lowest BCUT2D eigenvalue weighted by Crippen LogP contribution is -2.44. The number of ether oxygens (including phenoxy) is 2. The summed E-state index contributed by atoms with van der Waals surface area (Å²) in [6, 6.07) is 5.49. The molecule has 1 fully saturated rings. The van der Waals surface area contributed by atoms with E-state index in [1.807, 2.05) is 18.2 Å². The predicted molar refractivity (Wildman–Crippen MR) is 78.6 cm³/mol. The van der Waals surface area contributed by atoms with Crippen molar-refractivity contribution in [1.29, 1.82) is 0 Å². The Morgan fingerprint density at radius 3 is 3.13 bits per heavy atom. The fraction of sp³-hybridized carbons (Fsp3) is 0.467. The number of carbonyl (C=O) groups is 1. The Kier molecular flexibility index (Phi) is 3.76. The molecule has 4 rings (SSSR count). The van der Waals surface area contributed by atoms with Crippen LogP contribution in [0.2, 0.25) is 0 Å². The summed E-state index contributed by atoms with van der Waals surface area (Å²) in [4.78, 5) is 14.9. The number of fused-ring (bicyclic) bond motifs is 1. The molecular formula is C15H17N5O3. The number of amides is 1. The Morgan fingerprint density at radius 2 is 2.26 bits per heavy atom. The summed E-state index contributed by atoms with van der Waals surface area (Å²) < 4.78 is 11.0. The van der Waals surface area contributed by atoms with Crippen LogP contribution in [0.5, 0.6) is 0 Å². The number of hydrogen-bond donors (Lipinski definition) is 1. The van der Waals surface area contributed by atoms with Gasteiger partial charge in [-0.1, -0.05) is 17.3 Å². The predicted octanol–water partition coefficient (Wildman–Crippen LogP) is 0.486. The Hall–Kier alpha value is -2.32. The van der Waals surface area contributed by atoms with E-state index in [4.69, 9.17) is 9.47 Å². The van der Waals surface area contributed by atoms with Crippen molar-refractivity contribution in [2.45, 2.75) is 19.1 Å². The largest absolute Gasteiger partial charge is 0.377 e. The summed E-state index contributed by atoms with van der Waals surface area (Å²) in [6.45, 7) is 2.61. The highest BCUT2D eigenvalue weighted by molar-refractivity contribution is 5.96. The van der Waals surface area contributed by atoms with E-state index in [0.717, 1.165) is 23.1 Å². The van der Waals surface area contributed by atoms with E-state index >= 15 is 0 Å². The number of benzene rings is 1. The molecule has 8 nitrogen and oxygen atoms in total. The zero-order valence-electron chi connectivity index (χ0n) is 12.6. The number of aromatic amines is 1. The fourth-order valence-corrected chi connectivity index (χ4v) is 3.15. The molecule has 1 amide bonds. The lowest BCUT2D eigenvalue weighted by atomic mass is 9.96. The normalized spacial score (nSPS) is 21.0. The highest BCUT2D eigenvalue weighted by atomic mass is 16.5. The molecule has 0 spiro atoms. The maximum Gasteiger partial charge on any atom is 0.254 e. The third-order valence-corrected chi connectivity index (χ3v) is 4.31. The molecule has 23 heavy (non-hydrogen) atoms. The average Bonchev–Trinajstić information content (AvgIpc) is 3.15. The third kappa shape index (κ3) is 2.60. The minimum absolute atomic E-state index is 0.0122. The first-order chi connectivity index (χ1) is 11.3. The molecule has 0 radical (unpaired) electrons. The zero-order chi connectivity index (χ0) is 15.6. The monoisotopic (exact) mass is 315 g/mol. The van der Waals surface area contributed by atoms with Gasteiger partial charge in [0.1, 0.15) is 6.04 Å². The van der Waals surface area contributed by atoms with Gasteiger partial charge < -0.3 is 14.4 Å². The van der Waals surface area contributed by atoms with Gasteiger partial charge in [-0.2, -0.15) is 5.21 Å². The van der Waals surface area contributed by atoms with Crippen LogP contribution in [-0.2, 0) is 22.5 Å². The Balaban J connectivity index is 1.67. The SMILES string of the molecule is O=C(c1cccc2c1CCOC2)N1CCOCC1c1nn[nH]n1. The summed E-state index contributed by atoms with van der Waals surface area (Å²) >= 11 is 0. The van der Waals surface area contributed by atoms with Crippen LogP contribution in [0.1, 0.15) is 33.4 Å². The molecule has 1 aromatic carbocycles. The van der Waals surface area contributed by atoms with Crippen LogP contribution in [0, 0.1) is 0 Å². The van der Waals surface area contributed by atoms with Gasteiger partial charge in [0.15, 0.2) is 5.82 Å². The number of hydrogen-bond acceptors (Lipinski definition) is 6. The maximum absolute atomic E-state index is 13.1. The number of nitrogens with zero attached hydrogens (tertiary/aromatic N) is 4. The molecule has 0 aliphatic carbocycles. The van der Waals surface area contributed by atoms with Crippen LogP contribution < -0.4 is 0 Å². The average molecular weight is 315 g/mol. The highest BCUT2D eigenvalue weighted by Gasteiger charge is 2.33. The van der Waals surface area contributed by atoms with Crippen molar-refractivity contribution in [3.8, 4) is 0 Å². The van der Waals surface area contributed by atoms with Crippen molar-refractivity contribution in [1.82, 2.24) is 25.5 Å². The van der Waals surface area contributed by atoms with Gasteiger partial charge >= 0.3 is 0 Å². The number of H-pyrrole nitrogens is 1. The first-order valence-corrected chi connectivity index (χ1v) is 7.65. The molecule has 0 bridgehead atoms. The van der Waals surface area contributed by atoms with Gasteiger partial charge in [-0.15, -0.1) is 10.2 Å². The Labute approximate surface area is 132 Å². The van der Waals surface area contributed by atoms with E-state index in [0.29, 0.717) is 38.8 Å². The Bertz CT molecular complexity index is 703. The highest BCUT2D eigenvalue weighted by Crippen LogP contribution is 2.27. The summed E-state index contributed by atoms with van der Waals surface area (Å²) in [6.07, 6.45) is 0.758. The number of carbonyl (C=O) groups excluding carboxylic acids is 1. The topological polar surface area (TPSA) is 93.2 Å². The minimum Gasteiger partial charge on any atom is -0.377 e.